The third kappa shape index (κ3) is 10.3. The third-order valence-electron chi connectivity index (χ3n) is 14.8. The Labute approximate surface area is 352 Å². The fourth-order valence-electron chi connectivity index (χ4n) is 10.1. The fraction of sp³-hybridized carbons (Fsp3) is 0.646. The van der Waals surface area contributed by atoms with Crippen molar-refractivity contribution in [3.05, 3.63) is 75.6 Å². The molecule has 11 heteroatoms. The molecule has 2 bridgehead atoms. The zero-order valence-corrected chi connectivity index (χ0v) is 37.4. The summed E-state index contributed by atoms with van der Waals surface area (Å²) in [5, 5.41) is 18.4. The van der Waals surface area contributed by atoms with E-state index < -0.39 is 13.7 Å². The Hall–Kier alpha value is -3.51. The molecule has 322 valence electrons. The van der Waals surface area contributed by atoms with E-state index in [9.17, 15) is 19.5 Å². The van der Waals surface area contributed by atoms with Gasteiger partial charge in [-0.15, -0.1) is 0 Å². The van der Waals surface area contributed by atoms with Gasteiger partial charge in [-0.2, -0.15) is 0 Å². The number of aryl methyl sites for hydroxylation is 1. The maximum atomic E-state index is 14.0. The van der Waals surface area contributed by atoms with E-state index >= 15 is 0 Å². The van der Waals surface area contributed by atoms with Crippen LogP contribution in [0.15, 0.2) is 53.3 Å². The van der Waals surface area contributed by atoms with Crippen LogP contribution < -0.4 is 16.2 Å². The minimum absolute atomic E-state index is 0.0137. The average molecular weight is 827 g/mol. The number of ether oxygens (including phenoxy) is 1. The van der Waals surface area contributed by atoms with Crippen LogP contribution >= 0.6 is 0 Å². The standard InChI is InChI=1S/C48H70N4O6Si/c1-47(2,3)59(4,5)58-41(38-19-21-40(53)45-39(38)20-22-44(55)51-45)31-49-30-34-15-17-37(18-16-34)50-43(54)14-10-12-33-11-9-13-36(29-33)48(25-7-6-8-26-48)46(56)57-42-32-52-27-23-35(42)24-28-52/h9,11,13,19-22,29,34-35,37,41-42,49,53H,6-8,10,12,14-18,23-28,30-32H2,1-5H3,(H,50,54)(H,51,55)/t34?,37?,41?,42-/m0/s1. The van der Waals surface area contributed by atoms with Crippen molar-refractivity contribution in [2.45, 2.75) is 152 Å². The third-order valence-corrected chi connectivity index (χ3v) is 19.3. The number of benzene rings is 2. The molecule has 2 aromatic carbocycles. The maximum absolute atomic E-state index is 14.0. The number of hydrogen-bond donors (Lipinski definition) is 4. The molecule has 8 rings (SSSR count). The van der Waals surface area contributed by atoms with Gasteiger partial charge in [0.2, 0.25) is 11.5 Å². The van der Waals surface area contributed by atoms with Gasteiger partial charge in [-0.25, -0.2) is 0 Å². The Morgan fingerprint density at radius 2 is 1.73 bits per heavy atom. The topological polar surface area (TPSA) is 133 Å². The SMILES string of the molecule is CC(C)(C)[Si](C)(C)OC(CNCC1CCC(NC(=O)CCCc2cccc(C3(C(=O)O[C@H]4CN5CCC4CC5)CCCCC3)c2)CC1)c1ccc(O)c2[nH]c(=O)ccc12. The lowest BCUT2D eigenvalue weighted by atomic mass is 9.69. The average Bonchev–Trinajstić information content (AvgIpc) is 3.22. The number of fused-ring (bicyclic) bond motifs is 4. The van der Waals surface area contributed by atoms with Crippen LogP contribution in [0.3, 0.4) is 0 Å². The van der Waals surface area contributed by atoms with Gasteiger partial charge in [-0.05, 0) is 143 Å². The zero-order valence-electron chi connectivity index (χ0n) is 36.4. The van der Waals surface area contributed by atoms with Crippen molar-refractivity contribution in [2.75, 3.05) is 32.7 Å². The smallest absolute Gasteiger partial charge is 0.316 e. The molecule has 3 saturated heterocycles. The molecule has 4 heterocycles. The number of H-pyrrole nitrogens is 1. The van der Waals surface area contributed by atoms with Crippen molar-refractivity contribution in [3.8, 4) is 5.75 Å². The minimum Gasteiger partial charge on any atom is -0.506 e. The van der Waals surface area contributed by atoms with Crippen LogP contribution in [-0.2, 0) is 30.6 Å². The Kier molecular flexibility index (Phi) is 13.8. The van der Waals surface area contributed by atoms with E-state index in [1.54, 1.807) is 12.1 Å². The van der Waals surface area contributed by atoms with Gasteiger partial charge in [-0.3, -0.25) is 19.3 Å². The van der Waals surface area contributed by atoms with E-state index in [0.717, 1.165) is 120 Å². The monoisotopic (exact) mass is 827 g/mol. The summed E-state index contributed by atoms with van der Waals surface area (Å²) in [4.78, 5) is 44.5. The van der Waals surface area contributed by atoms with Crippen molar-refractivity contribution in [1.29, 1.82) is 0 Å². The van der Waals surface area contributed by atoms with Crippen LogP contribution in [0.1, 0.15) is 127 Å². The number of piperidine rings is 3. The van der Waals surface area contributed by atoms with E-state index in [4.69, 9.17) is 9.16 Å². The Balaban J connectivity index is 0.874. The number of aromatic nitrogens is 1. The number of nitrogens with zero attached hydrogens (tertiary/aromatic N) is 1. The number of aromatic hydroxyl groups is 1. The number of hydrogen-bond acceptors (Lipinski definition) is 8. The molecule has 1 aromatic heterocycles. The molecule has 1 amide bonds. The van der Waals surface area contributed by atoms with Gasteiger partial charge < -0.3 is 29.9 Å². The molecule has 0 radical (unpaired) electrons. The summed E-state index contributed by atoms with van der Waals surface area (Å²) in [5.74, 6) is 1.18. The molecular formula is C48H70N4O6Si. The Bertz CT molecular complexity index is 1970. The second-order valence-electron chi connectivity index (χ2n) is 19.9. The predicted octanol–water partition coefficient (Wildman–Crippen LogP) is 8.42. The number of carbonyl (C=O) groups excluding carboxylic acids is 2. The highest BCUT2D eigenvalue weighted by Crippen LogP contribution is 2.43. The highest BCUT2D eigenvalue weighted by molar-refractivity contribution is 6.74. The van der Waals surface area contributed by atoms with Crippen LogP contribution in [-0.4, -0.2) is 80.1 Å². The molecule has 1 unspecified atom stereocenters. The quantitative estimate of drug-likeness (QED) is 0.0888. The van der Waals surface area contributed by atoms with Gasteiger partial charge in [0, 0.05) is 37.0 Å². The highest BCUT2D eigenvalue weighted by atomic mass is 28.4. The molecule has 2 saturated carbocycles. The van der Waals surface area contributed by atoms with E-state index in [1.807, 2.05) is 6.07 Å². The second-order valence-corrected chi connectivity index (χ2v) is 24.6. The normalized spacial score (nSPS) is 25.1. The van der Waals surface area contributed by atoms with Crippen LogP contribution in [0, 0.1) is 11.8 Å². The van der Waals surface area contributed by atoms with Crippen molar-refractivity contribution >= 4 is 31.1 Å². The molecular weight excluding hydrogens is 757 g/mol. The number of carbonyl (C=O) groups is 2. The summed E-state index contributed by atoms with van der Waals surface area (Å²) >= 11 is 0. The van der Waals surface area contributed by atoms with Crippen molar-refractivity contribution in [3.63, 3.8) is 0 Å². The van der Waals surface area contributed by atoms with E-state index in [-0.39, 0.29) is 46.5 Å². The van der Waals surface area contributed by atoms with Gasteiger partial charge in [0.1, 0.15) is 11.9 Å². The lowest BCUT2D eigenvalue weighted by Gasteiger charge is -2.45. The number of phenols is 1. The Morgan fingerprint density at radius 3 is 2.42 bits per heavy atom. The first kappa shape index (κ1) is 43.6. The van der Waals surface area contributed by atoms with Crippen LogP contribution in [0.4, 0.5) is 0 Å². The first-order valence-corrected chi connectivity index (χ1v) is 25.7. The van der Waals surface area contributed by atoms with Gasteiger partial charge in [-0.1, -0.05) is 70.4 Å². The van der Waals surface area contributed by atoms with Crippen molar-refractivity contribution in [2.24, 2.45) is 11.8 Å². The summed E-state index contributed by atoms with van der Waals surface area (Å²) in [6, 6.07) is 15.7. The largest absolute Gasteiger partial charge is 0.506 e. The molecule has 59 heavy (non-hydrogen) atoms. The van der Waals surface area contributed by atoms with Gasteiger partial charge in [0.05, 0.1) is 17.0 Å². The summed E-state index contributed by atoms with van der Waals surface area (Å²) in [5.41, 5.74) is 2.88. The van der Waals surface area contributed by atoms with E-state index in [0.29, 0.717) is 30.3 Å². The highest BCUT2D eigenvalue weighted by Gasteiger charge is 2.46. The first-order valence-electron chi connectivity index (χ1n) is 22.8. The van der Waals surface area contributed by atoms with E-state index in [2.05, 4.69) is 78.6 Å². The molecule has 2 atom stereocenters. The zero-order chi connectivity index (χ0) is 41.8. The van der Waals surface area contributed by atoms with Gasteiger partial charge >= 0.3 is 5.97 Å². The second kappa shape index (κ2) is 18.6. The lowest BCUT2D eigenvalue weighted by molar-refractivity contribution is -0.167. The van der Waals surface area contributed by atoms with Crippen LogP contribution in [0.5, 0.6) is 5.75 Å². The molecule has 10 nitrogen and oxygen atoms in total. The molecule has 5 fully saturated rings. The fourth-order valence-corrected chi connectivity index (χ4v) is 11.3. The van der Waals surface area contributed by atoms with E-state index in [1.165, 1.54) is 18.1 Å². The number of nitrogens with one attached hydrogen (secondary N) is 3. The molecule has 2 aliphatic carbocycles. The van der Waals surface area contributed by atoms with Crippen LogP contribution in [0.25, 0.3) is 10.9 Å². The summed E-state index contributed by atoms with van der Waals surface area (Å²) in [7, 11) is -2.17. The number of phenolic OH excluding ortho intramolecular Hbond substituents is 1. The van der Waals surface area contributed by atoms with Crippen molar-refractivity contribution < 1.29 is 23.9 Å². The van der Waals surface area contributed by atoms with Gasteiger partial charge in [0.15, 0.2) is 8.32 Å². The molecule has 4 N–H and O–H groups in total. The molecule has 0 spiro atoms. The first-order chi connectivity index (χ1) is 28.2. The maximum Gasteiger partial charge on any atom is 0.316 e. The summed E-state index contributed by atoms with van der Waals surface area (Å²) < 4.78 is 13.4. The molecule has 3 aromatic rings. The van der Waals surface area contributed by atoms with Crippen molar-refractivity contribution in [1.82, 2.24) is 20.5 Å². The van der Waals surface area contributed by atoms with Gasteiger partial charge in [0.25, 0.3) is 0 Å². The molecule has 5 aliphatic rings. The number of amides is 1. The van der Waals surface area contributed by atoms with Crippen LogP contribution in [0.2, 0.25) is 18.1 Å². The summed E-state index contributed by atoms with van der Waals surface area (Å²) in [6.45, 7) is 15.8. The number of esters is 1. The Morgan fingerprint density at radius 1 is 0.983 bits per heavy atom. The number of rotatable bonds is 15. The minimum atomic E-state index is -2.17. The predicted molar refractivity (Wildman–Crippen MR) is 237 cm³/mol. The number of pyridine rings is 1. The molecule has 3 aliphatic heterocycles. The lowest BCUT2D eigenvalue weighted by Crippen LogP contribution is -2.53. The number of aromatic amines is 1. The summed E-state index contributed by atoms with van der Waals surface area (Å²) in [6.07, 6.45) is 13.1.